The van der Waals surface area contributed by atoms with Crippen LogP contribution in [0.2, 0.25) is 0 Å². The molecule has 22 heavy (non-hydrogen) atoms. The minimum Gasteiger partial charge on any atom is -0.387 e. The van der Waals surface area contributed by atoms with E-state index in [-0.39, 0.29) is 5.82 Å². The number of nitrogens with zero attached hydrogens (tertiary/aromatic N) is 3. The van der Waals surface area contributed by atoms with E-state index >= 15 is 0 Å². The summed E-state index contributed by atoms with van der Waals surface area (Å²) in [6.45, 7) is 4.02. The molecule has 1 fully saturated rings. The van der Waals surface area contributed by atoms with Crippen LogP contribution in [-0.2, 0) is 0 Å². The molecule has 1 aromatic carbocycles. The van der Waals surface area contributed by atoms with Crippen molar-refractivity contribution in [3.8, 4) is 0 Å². The van der Waals surface area contributed by atoms with Crippen LogP contribution in [0.3, 0.4) is 0 Å². The number of aliphatic hydroxyl groups excluding tert-OH is 1. The fourth-order valence-corrected chi connectivity index (χ4v) is 2.76. The molecule has 1 saturated heterocycles. The molecule has 2 heterocycles. The van der Waals surface area contributed by atoms with Gasteiger partial charge in [0, 0.05) is 38.9 Å². The number of rotatable bonds is 4. The zero-order valence-electron chi connectivity index (χ0n) is 12.4. The van der Waals surface area contributed by atoms with Crippen molar-refractivity contribution in [2.45, 2.75) is 6.10 Å². The molecule has 1 N–H and O–H groups in total. The van der Waals surface area contributed by atoms with E-state index < -0.39 is 6.10 Å². The predicted molar refractivity (Wildman–Crippen MR) is 84.2 cm³/mol. The molecule has 3 rings (SSSR count). The molecule has 0 radical (unpaired) electrons. The van der Waals surface area contributed by atoms with Crippen molar-refractivity contribution in [3.63, 3.8) is 0 Å². The van der Waals surface area contributed by atoms with Crippen molar-refractivity contribution in [3.05, 3.63) is 60.0 Å². The quantitative estimate of drug-likeness (QED) is 0.938. The SMILES string of the molecule is OC(CN1CCN(c2ccccn2)CC1)c1cccc(F)c1. The first kappa shape index (κ1) is 14.9. The van der Waals surface area contributed by atoms with Crippen molar-refractivity contribution in [2.24, 2.45) is 0 Å². The van der Waals surface area contributed by atoms with Crippen molar-refractivity contribution < 1.29 is 9.50 Å². The van der Waals surface area contributed by atoms with Gasteiger partial charge >= 0.3 is 0 Å². The first-order valence-electron chi connectivity index (χ1n) is 7.54. The summed E-state index contributed by atoms with van der Waals surface area (Å²) in [6, 6.07) is 12.1. The topological polar surface area (TPSA) is 39.6 Å². The Balaban J connectivity index is 1.54. The lowest BCUT2D eigenvalue weighted by Gasteiger charge is -2.36. The second-order valence-corrected chi connectivity index (χ2v) is 5.55. The zero-order chi connectivity index (χ0) is 15.4. The van der Waals surface area contributed by atoms with Gasteiger partial charge < -0.3 is 10.0 Å². The average Bonchev–Trinajstić information content (AvgIpc) is 2.56. The highest BCUT2D eigenvalue weighted by molar-refractivity contribution is 5.38. The van der Waals surface area contributed by atoms with Gasteiger partial charge in [0.25, 0.3) is 0 Å². The molecule has 5 heteroatoms. The van der Waals surface area contributed by atoms with E-state index in [0.29, 0.717) is 12.1 Å². The Kier molecular flexibility index (Phi) is 4.65. The third-order valence-electron chi connectivity index (χ3n) is 4.01. The third kappa shape index (κ3) is 3.61. The predicted octanol–water partition coefficient (Wildman–Crippen LogP) is 2.08. The van der Waals surface area contributed by atoms with E-state index in [2.05, 4.69) is 14.8 Å². The van der Waals surface area contributed by atoms with Crippen LogP contribution in [0.5, 0.6) is 0 Å². The van der Waals surface area contributed by atoms with Gasteiger partial charge in [-0.25, -0.2) is 9.37 Å². The van der Waals surface area contributed by atoms with Gasteiger partial charge in [0.1, 0.15) is 11.6 Å². The minimum absolute atomic E-state index is 0.309. The summed E-state index contributed by atoms with van der Waals surface area (Å²) in [5.41, 5.74) is 0.632. The Hall–Kier alpha value is -1.98. The lowest BCUT2D eigenvalue weighted by Crippen LogP contribution is -2.47. The Bertz CT molecular complexity index is 600. The average molecular weight is 301 g/mol. The first-order chi connectivity index (χ1) is 10.7. The van der Waals surface area contributed by atoms with Gasteiger partial charge in [0.2, 0.25) is 0 Å². The van der Waals surface area contributed by atoms with Crippen LogP contribution in [0, 0.1) is 5.82 Å². The number of pyridine rings is 1. The van der Waals surface area contributed by atoms with Crippen LogP contribution in [0.4, 0.5) is 10.2 Å². The van der Waals surface area contributed by atoms with E-state index in [9.17, 15) is 9.50 Å². The number of halogens is 1. The smallest absolute Gasteiger partial charge is 0.128 e. The van der Waals surface area contributed by atoms with Crippen molar-refractivity contribution in [1.29, 1.82) is 0 Å². The molecule has 116 valence electrons. The fraction of sp³-hybridized carbons (Fsp3) is 0.353. The number of aliphatic hydroxyl groups is 1. The molecule has 1 aliphatic heterocycles. The number of β-amino-alcohol motifs (C(OH)–C–C–N with tert-alkyl or cyclic N) is 1. The lowest BCUT2D eigenvalue weighted by atomic mass is 10.1. The first-order valence-corrected chi connectivity index (χ1v) is 7.54. The molecule has 0 bridgehead atoms. The molecule has 2 aromatic rings. The molecule has 4 nitrogen and oxygen atoms in total. The van der Waals surface area contributed by atoms with Crippen molar-refractivity contribution in [2.75, 3.05) is 37.6 Å². The molecule has 0 spiro atoms. The number of anilines is 1. The lowest BCUT2D eigenvalue weighted by molar-refractivity contribution is 0.109. The molecule has 0 amide bonds. The van der Waals surface area contributed by atoms with Gasteiger partial charge in [-0.1, -0.05) is 18.2 Å². The van der Waals surface area contributed by atoms with Crippen LogP contribution in [0.25, 0.3) is 0 Å². The molecule has 1 unspecified atom stereocenters. The summed E-state index contributed by atoms with van der Waals surface area (Å²) in [7, 11) is 0. The van der Waals surface area contributed by atoms with E-state index in [1.54, 1.807) is 18.3 Å². The van der Waals surface area contributed by atoms with Crippen LogP contribution in [0.1, 0.15) is 11.7 Å². The summed E-state index contributed by atoms with van der Waals surface area (Å²) < 4.78 is 13.2. The van der Waals surface area contributed by atoms with Gasteiger partial charge in [-0.3, -0.25) is 4.90 Å². The summed E-state index contributed by atoms with van der Waals surface area (Å²) in [5, 5.41) is 10.2. The van der Waals surface area contributed by atoms with Gasteiger partial charge in [0.15, 0.2) is 0 Å². The number of hydrogen-bond donors (Lipinski definition) is 1. The van der Waals surface area contributed by atoms with Gasteiger partial charge in [-0.05, 0) is 29.8 Å². The number of aromatic nitrogens is 1. The minimum atomic E-state index is -0.655. The zero-order valence-corrected chi connectivity index (χ0v) is 12.4. The van der Waals surface area contributed by atoms with Crippen molar-refractivity contribution in [1.82, 2.24) is 9.88 Å². The van der Waals surface area contributed by atoms with Gasteiger partial charge in [-0.2, -0.15) is 0 Å². The van der Waals surface area contributed by atoms with E-state index in [4.69, 9.17) is 0 Å². The highest BCUT2D eigenvalue weighted by atomic mass is 19.1. The molecular weight excluding hydrogens is 281 g/mol. The molecule has 1 aliphatic rings. The summed E-state index contributed by atoms with van der Waals surface area (Å²) >= 11 is 0. The van der Waals surface area contributed by atoms with Gasteiger partial charge in [-0.15, -0.1) is 0 Å². The monoisotopic (exact) mass is 301 g/mol. The molecular formula is C17H20FN3O. The molecule has 0 saturated carbocycles. The Morgan fingerprint density at radius 1 is 1.09 bits per heavy atom. The highest BCUT2D eigenvalue weighted by Gasteiger charge is 2.20. The van der Waals surface area contributed by atoms with Gasteiger partial charge in [0.05, 0.1) is 6.10 Å². The maximum Gasteiger partial charge on any atom is 0.128 e. The van der Waals surface area contributed by atoms with Crippen LogP contribution < -0.4 is 4.90 Å². The largest absolute Gasteiger partial charge is 0.387 e. The normalized spacial score (nSPS) is 17.5. The maximum atomic E-state index is 13.2. The standard InChI is InChI=1S/C17H20FN3O/c18-15-5-3-4-14(12-15)16(22)13-20-8-10-21(11-9-20)17-6-1-2-7-19-17/h1-7,12,16,22H,8-11,13H2. The van der Waals surface area contributed by atoms with Crippen LogP contribution in [0.15, 0.2) is 48.7 Å². The van der Waals surface area contributed by atoms with Crippen LogP contribution >= 0.6 is 0 Å². The van der Waals surface area contributed by atoms with E-state index in [1.165, 1.54) is 12.1 Å². The maximum absolute atomic E-state index is 13.2. The molecule has 1 aromatic heterocycles. The summed E-state index contributed by atoms with van der Waals surface area (Å²) in [6.07, 6.45) is 1.15. The third-order valence-corrected chi connectivity index (χ3v) is 4.01. The fourth-order valence-electron chi connectivity index (χ4n) is 2.76. The van der Waals surface area contributed by atoms with Crippen molar-refractivity contribution >= 4 is 5.82 Å². The van der Waals surface area contributed by atoms with Crippen LogP contribution in [-0.4, -0.2) is 47.7 Å². The second kappa shape index (κ2) is 6.85. The van der Waals surface area contributed by atoms with E-state index in [1.807, 2.05) is 18.2 Å². The number of hydrogen-bond acceptors (Lipinski definition) is 4. The Labute approximate surface area is 129 Å². The summed E-state index contributed by atoms with van der Waals surface area (Å²) in [5.74, 6) is 0.685. The Morgan fingerprint density at radius 2 is 1.91 bits per heavy atom. The highest BCUT2D eigenvalue weighted by Crippen LogP contribution is 2.18. The Morgan fingerprint density at radius 3 is 2.59 bits per heavy atom. The molecule has 1 atom stereocenters. The summed E-state index contributed by atoms with van der Waals surface area (Å²) in [4.78, 5) is 8.81. The molecule has 0 aliphatic carbocycles. The number of benzene rings is 1. The second-order valence-electron chi connectivity index (χ2n) is 5.55. The number of piperazine rings is 1. The van der Waals surface area contributed by atoms with E-state index in [0.717, 1.165) is 32.0 Å².